The van der Waals surface area contributed by atoms with Crippen LogP contribution in [-0.2, 0) is 20.7 Å². The van der Waals surface area contributed by atoms with Crippen molar-refractivity contribution in [3.05, 3.63) is 72.4 Å². The van der Waals surface area contributed by atoms with Crippen molar-refractivity contribution < 1.29 is 14.3 Å². The van der Waals surface area contributed by atoms with Gasteiger partial charge in [0.15, 0.2) is 5.78 Å². The molecule has 3 heteroatoms. The Kier molecular flexibility index (Phi) is 7.41. The lowest BCUT2D eigenvalue weighted by Gasteiger charge is -2.24. The molecule has 0 amide bonds. The predicted molar refractivity (Wildman–Crippen MR) is 112 cm³/mol. The van der Waals surface area contributed by atoms with Crippen LogP contribution in [0.3, 0.4) is 0 Å². The maximum Gasteiger partial charge on any atom is 0.305 e. The summed E-state index contributed by atoms with van der Waals surface area (Å²) in [4.78, 5) is 23.5. The highest BCUT2D eigenvalue weighted by Gasteiger charge is 2.42. The molecule has 0 radical (unpaired) electrons. The number of methoxy groups -OCH3 is 1. The van der Waals surface area contributed by atoms with Crippen LogP contribution in [-0.4, -0.2) is 18.9 Å². The Morgan fingerprint density at radius 3 is 2.68 bits per heavy atom. The average molecular weight is 379 g/mol. The van der Waals surface area contributed by atoms with Crippen molar-refractivity contribution in [1.29, 1.82) is 0 Å². The van der Waals surface area contributed by atoms with Crippen molar-refractivity contribution >= 4 is 11.8 Å². The zero-order valence-electron chi connectivity index (χ0n) is 16.6. The molecule has 0 heterocycles. The Bertz CT molecular complexity index is 744. The SMILES string of the molecule is COC(=O)CCC/C=C\CC1C(C=CC(=O)Cc2ccccc2)[C@H]2C=C[C@H]1C2. The molecule has 0 N–H and O–H groups in total. The molecule has 4 atom stereocenters. The molecule has 28 heavy (non-hydrogen) atoms. The Hall–Kier alpha value is -2.42. The molecule has 3 rings (SSSR count). The second-order valence-electron chi connectivity index (χ2n) is 7.85. The first-order valence-corrected chi connectivity index (χ1v) is 10.3. The molecule has 1 saturated carbocycles. The third kappa shape index (κ3) is 5.54. The Balaban J connectivity index is 1.49. The molecule has 2 aliphatic rings. The summed E-state index contributed by atoms with van der Waals surface area (Å²) >= 11 is 0. The van der Waals surface area contributed by atoms with Crippen molar-refractivity contribution in [2.24, 2.45) is 23.7 Å². The van der Waals surface area contributed by atoms with Crippen molar-refractivity contribution in [2.45, 2.75) is 38.5 Å². The van der Waals surface area contributed by atoms with Crippen molar-refractivity contribution in [1.82, 2.24) is 0 Å². The fourth-order valence-electron chi connectivity index (χ4n) is 4.49. The predicted octanol–water partition coefficient (Wildman–Crippen LogP) is 5.08. The molecule has 148 valence electrons. The van der Waals surface area contributed by atoms with Crippen LogP contribution < -0.4 is 0 Å². The molecular weight excluding hydrogens is 348 g/mol. The first-order valence-electron chi connectivity index (χ1n) is 10.3. The lowest BCUT2D eigenvalue weighted by atomic mass is 9.80. The van der Waals surface area contributed by atoms with Gasteiger partial charge < -0.3 is 4.74 Å². The number of benzene rings is 1. The second kappa shape index (κ2) is 10.2. The summed E-state index contributed by atoms with van der Waals surface area (Å²) in [6.07, 6.45) is 18.0. The van der Waals surface area contributed by atoms with Crippen LogP contribution >= 0.6 is 0 Å². The molecule has 0 spiro atoms. The molecular formula is C25H30O3. The van der Waals surface area contributed by atoms with Gasteiger partial charge in [-0.2, -0.15) is 0 Å². The number of allylic oxidation sites excluding steroid dienone is 6. The van der Waals surface area contributed by atoms with Crippen LogP contribution in [0.15, 0.2) is 66.8 Å². The summed E-state index contributed by atoms with van der Waals surface area (Å²) in [7, 11) is 1.43. The zero-order valence-corrected chi connectivity index (χ0v) is 16.6. The topological polar surface area (TPSA) is 43.4 Å². The molecule has 1 aromatic carbocycles. The normalized spacial score (nSPS) is 25.8. The number of fused-ring (bicyclic) bond motifs is 2. The smallest absolute Gasteiger partial charge is 0.305 e. The van der Waals surface area contributed by atoms with Gasteiger partial charge in [0.1, 0.15) is 0 Å². The van der Waals surface area contributed by atoms with E-state index in [1.165, 1.54) is 13.5 Å². The summed E-state index contributed by atoms with van der Waals surface area (Å²) < 4.78 is 4.66. The Labute approximate surface area is 168 Å². The fourth-order valence-corrected chi connectivity index (χ4v) is 4.49. The maximum atomic E-state index is 12.3. The van der Waals surface area contributed by atoms with Gasteiger partial charge in [0.05, 0.1) is 7.11 Å². The minimum Gasteiger partial charge on any atom is -0.469 e. The number of ketones is 1. The third-order valence-electron chi connectivity index (χ3n) is 5.97. The fraction of sp³-hybridized carbons (Fsp3) is 0.440. The molecule has 3 nitrogen and oxygen atoms in total. The van der Waals surface area contributed by atoms with E-state index in [1.54, 1.807) is 6.08 Å². The van der Waals surface area contributed by atoms with E-state index in [-0.39, 0.29) is 11.8 Å². The van der Waals surface area contributed by atoms with Crippen LogP contribution in [0, 0.1) is 23.7 Å². The molecule has 2 unspecified atom stereocenters. The monoisotopic (exact) mass is 378 g/mol. The quantitative estimate of drug-likeness (QED) is 0.247. The number of hydrogen-bond acceptors (Lipinski definition) is 3. The number of unbranched alkanes of at least 4 members (excludes halogenated alkanes) is 1. The first kappa shape index (κ1) is 20.3. The number of rotatable bonds is 10. The van der Waals surface area contributed by atoms with Gasteiger partial charge in [-0.3, -0.25) is 9.59 Å². The highest BCUT2D eigenvalue weighted by atomic mass is 16.5. The summed E-state index contributed by atoms with van der Waals surface area (Å²) in [6.45, 7) is 0. The number of carbonyl (C=O) groups excluding carboxylic acids is 2. The first-order chi connectivity index (χ1) is 13.7. The van der Waals surface area contributed by atoms with Crippen LogP contribution in [0.5, 0.6) is 0 Å². The van der Waals surface area contributed by atoms with E-state index < -0.39 is 0 Å². The minimum atomic E-state index is -0.142. The average Bonchev–Trinajstić information content (AvgIpc) is 3.31. The van der Waals surface area contributed by atoms with Gasteiger partial charge in [0, 0.05) is 12.8 Å². The van der Waals surface area contributed by atoms with Crippen LogP contribution in [0.1, 0.15) is 37.7 Å². The maximum absolute atomic E-state index is 12.3. The zero-order chi connectivity index (χ0) is 19.8. The summed E-state index contributed by atoms with van der Waals surface area (Å²) in [5.41, 5.74) is 1.07. The van der Waals surface area contributed by atoms with Gasteiger partial charge in [0.2, 0.25) is 0 Å². The minimum absolute atomic E-state index is 0.142. The second-order valence-corrected chi connectivity index (χ2v) is 7.85. The molecule has 2 bridgehead atoms. The lowest BCUT2D eigenvalue weighted by molar-refractivity contribution is -0.140. The van der Waals surface area contributed by atoms with Gasteiger partial charge >= 0.3 is 5.97 Å². The Morgan fingerprint density at radius 2 is 1.89 bits per heavy atom. The summed E-state index contributed by atoms with van der Waals surface area (Å²) in [5, 5.41) is 0. The summed E-state index contributed by atoms with van der Waals surface area (Å²) in [6, 6.07) is 9.92. The van der Waals surface area contributed by atoms with Gasteiger partial charge in [-0.25, -0.2) is 0 Å². The lowest BCUT2D eigenvalue weighted by Crippen LogP contribution is -2.17. The van der Waals surface area contributed by atoms with E-state index in [9.17, 15) is 9.59 Å². The standard InChI is InChI=1S/C25H30O3/c1-28-25(27)12-8-3-2-7-11-23-20-13-14-21(18-20)24(23)16-15-22(26)17-19-9-5-4-6-10-19/h2,4-7,9-10,13-16,20-21,23-24H,3,8,11-12,17-18H2,1H3/b7-2-,16-15?/t20-,21-,23?,24?/m0/s1. The van der Waals surface area contributed by atoms with Gasteiger partial charge in [-0.05, 0) is 61.0 Å². The van der Waals surface area contributed by atoms with Crippen LogP contribution in [0.4, 0.5) is 0 Å². The number of carbonyl (C=O) groups is 2. The van der Waals surface area contributed by atoms with Crippen molar-refractivity contribution in [3.63, 3.8) is 0 Å². The molecule has 1 fully saturated rings. The van der Waals surface area contributed by atoms with E-state index in [0.29, 0.717) is 36.5 Å². The number of esters is 1. The highest BCUT2D eigenvalue weighted by Crippen LogP contribution is 2.50. The molecule has 0 saturated heterocycles. The van der Waals surface area contributed by atoms with Gasteiger partial charge in [-0.1, -0.05) is 60.7 Å². The van der Waals surface area contributed by atoms with Gasteiger partial charge in [0.25, 0.3) is 0 Å². The van der Waals surface area contributed by atoms with Crippen molar-refractivity contribution in [3.8, 4) is 0 Å². The van der Waals surface area contributed by atoms with E-state index in [0.717, 1.165) is 24.8 Å². The van der Waals surface area contributed by atoms with E-state index in [2.05, 4.69) is 35.1 Å². The number of ether oxygens (including phenoxy) is 1. The Morgan fingerprint density at radius 1 is 1.11 bits per heavy atom. The highest BCUT2D eigenvalue weighted by molar-refractivity contribution is 5.91. The molecule has 0 aromatic heterocycles. The van der Waals surface area contributed by atoms with E-state index >= 15 is 0 Å². The van der Waals surface area contributed by atoms with E-state index in [4.69, 9.17) is 0 Å². The van der Waals surface area contributed by atoms with Crippen LogP contribution in [0.2, 0.25) is 0 Å². The summed E-state index contributed by atoms with van der Waals surface area (Å²) in [5.74, 6) is 2.27. The third-order valence-corrected chi connectivity index (χ3v) is 5.97. The van der Waals surface area contributed by atoms with Crippen molar-refractivity contribution in [2.75, 3.05) is 7.11 Å². The van der Waals surface area contributed by atoms with Crippen LogP contribution in [0.25, 0.3) is 0 Å². The van der Waals surface area contributed by atoms with Gasteiger partial charge in [-0.15, -0.1) is 0 Å². The number of hydrogen-bond donors (Lipinski definition) is 0. The molecule has 1 aromatic rings. The largest absolute Gasteiger partial charge is 0.469 e. The van der Waals surface area contributed by atoms with E-state index in [1.807, 2.05) is 30.3 Å². The molecule has 0 aliphatic heterocycles. The molecule has 2 aliphatic carbocycles.